The van der Waals surface area contributed by atoms with Crippen LogP contribution < -0.4 is 4.90 Å². The fraction of sp³-hybridized carbons (Fsp3) is 0.0847. The number of benzene rings is 9. The third-order valence-corrected chi connectivity index (χ3v) is 15.2. The van der Waals surface area contributed by atoms with Crippen LogP contribution in [0.25, 0.3) is 80.2 Å². The molecule has 3 heteroatoms. The van der Waals surface area contributed by atoms with Gasteiger partial charge in [0.1, 0.15) is 0 Å². The first kappa shape index (κ1) is 35.5. The van der Waals surface area contributed by atoms with Gasteiger partial charge in [0.25, 0.3) is 0 Å². The highest BCUT2D eigenvalue weighted by Gasteiger charge is 2.40. The second kappa shape index (κ2) is 13.4. The maximum Gasteiger partial charge on any atom is 0.0563 e. The minimum atomic E-state index is -0.156. The van der Waals surface area contributed by atoms with Crippen molar-refractivity contribution in [3.63, 3.8) is 0 Å². The lowest BCUT2D eigenvalue weighted by Crippen LogP contribution is -2.22. The molecule has 294 valence electrons. The molecule has 62 heavy (non-hydrogen) atoms. The standard InChI is InChI=1S/C59H42N2S/c1-59(2)51-35-42(60(40-15-4-3-5-16-40)41-27-23-39(24-28-41)46-20-12-21-50-49-19-10-11-22-55(49)62-58(46)50)29-31-47(51)48-32-30-43(36-52(48)59)61-53-33-25-37-13-6-8-17-44(37)56(53)57-45-18-9-7-14-38(45)26-34-54(57)61/h3-35,43H,36H2,1-2H3. The first-order valence-corrected chi connectivity index (χ1v) is 22.6. The Labute approximate surface area is 364 Å². The summed E-state index contributed by atoms with van der Waals surface area (Å²) in [4.78, 5) is 2.42. The summed E-state index contributed by atoms with van der Waals surface area (Å²) in [5, 5.41) is 10.6. The van der Waals surface area contributed by atoms with Crippen LogP contribution in [0.2, 0.25) is 0 Å². The normalized spacial score (nSPS) is 15.7. The fourth-order valence-corrected chi connectivity index (χ4v) is 12.3. The van der Waals surface area contributed by atoms with E-state index in [0.717, 1.165) is 17.8 Å². The molecular weight excluding hydrogens is 769 g/mol. The van der Waals surface area contributed by atoms with E-state index in [1.165, 1.54) is 103 Å². The van der Waals surface area contributed by atoms with Crippen LogP contribution in [-0.4, -0.2) is 4.57 Å². The van der Waals surface area contributed by atoms with Gasteiger partial charge in [0.05, 0.1) is 17.1 Å². The molecule has 0 N–H and O–H groups in total. The number of thiophene rings is 1. The van der Waals surface area contributed by atoms with Crippen LogP contribution in [0.5, 0.6) is 0 Å². The van der Waals surface area contributed by atoms with E-state index in [2.05, 4.69) is 224 Å². The average Bonchev–Trinajstić information content (AvgIpc) is 3.95. The fourth-order valence-electron chi connectivity index (χ4n) is 11.0. The van der Waals surface area contributed by atoms with E-state index in [9.17, 15) is 0 Å². The first-order valence-electron chi connectivity index (χ1n) is 21.8. The molecule has 0 bridgehead atoms. The molecule has 2 nitrogen and oxygen atoms in total. The van der Waals surface area contributed by atoms with E-state index in [1.54, 1.807) is 0 Å². The van der Waals surface area contributed by atoms with Gasteiger partial charge in [-0.15, -0.1) is 11.3 Å². The van der Waals surface area contributed by atoms with Gasteiger partial charge in [0.2, 0.25) is 0 Å². The molecule has 2 aliphatic rings. The van der Waals surface area contributed by atoms with Crippen LogP contribution in [0.3, 0.4) is 0 Å². The zero-order valence-electron chi connectivity index (χ0n) is 34.6. The van der Waals surface area contributed by atoms with E-state index in [1.807, 2.05) is 11.3 Å². The van der Waals surface area contributed by atoms with Crippen molar-refractivity contribution in [1.29, 1.82) is 0 Å². The van der Waals surface area contributed by atoms with Gasteiger partial charge < -0.3 is 9.47 Å². The van der Waals surface area contributed by atoms with Crippen LogP contribution in [0.15, 0.2) is 206 Å². The van der Waals surface area contributed by atoms with Gasteiger partial charge in [-0.05, 0) is 116 Å². The number of hydrogen-bond donors (Lipinski definition) is 0. The van der Waals surface area contributed by atoms with E-state index < -0.39 is 0 Å². The third kappa shape index (κ3) is 5.15. The molecule has 1 unspecified atom stereocenters. The maximum atomic E-state index is 2.64. The number of anilines is 3. The molecule has 11 aromatic rings. The lowest BCUT2D eigenvalue weighted by Gasteiger charge is -2.31. The van der Waals surface area contributed by atoms with Crippen molar-refractivity contribution in [2.75, 3.05) is 4.90 Å². The molecular formula is C59H42N2S. The summed E-state index contributed by atoms with van der Waals surface area (Å²) in [5.41, 5.74) is 14.1. The van der Waals surface area contributed by atoms with Crippen molar-refractivity contribution in [3.05, 3.63) is 217 Å². The minimum Gasteiger partial charge on any atom is -0.333 e. The van der Waals surface area contributed by atoms with Gasteiger partial charge in [-0.1, -0.05) is 159 Å². The van der Waals surface area contributed by atoms with Crippen molar-refractivity contribution in [2.45, 2.75) is 31.7 Å². The lowest BCUT2D eigenvalue weighted by molar-refractivity contribution is 0.544. The van der Waals surface area contributed by atoms with Gasteiger partial charge in [-0.3, -0.25) is 0 Å². The Morgan fingerprint density at radius 2 is 1.15 bits per heavy atom. The molecule has 2 aliphatic carbocycles. The zero-order valence-corrected chi connectivity index (χ0v) is 35.5. The van der Waals surface area contributed by atoms with Crippen LogP contribution in [0.4, 0.5) is 17.1 Å². The molecule has 0 aliphatic heterocycles. The topological polar surface area (TPSA) is 8.17 Å². The van der Waals surface area contributed by atoms with Gasteiger partial charge in [-0.2, -0.15) is 0 Å². The molecule has 0 spiro atoms. The highest BCUT2D eigenvalue weighted by Crippen LogP contribution is 2.54. The van der Waals surface area contributed by atoms with Gasteiger partial charge >= 0.3 is 0 Å². The summed E-state index contributed by atoms with van der Waals surface area (Å²) >= 11 is 1.89. The number of allylic oxidation sites excluding steroid dienone is 4. The maximum absolute atomic E-state index is 2.64. The third-order valence-electron chi connectivity index (χ3n) is 14.0. The van der Waals surface area contributed by atoms with Crippen molar-refractivity contribution < 1.29 is 0 Å². The number of hydrogen-bond acceptors (Lipinski definition) is 2. The van der Waals surface area contributed by atoms with Gasteiger partial charge in [0, 0.05) is 53.4 Å². The molecule has 0 fully saturated rings. The van der Waals surface area contributed by atoms with Gasteiger partial charge in [0.15, 0.2) is 0 Å². The Hall–Kier alpha value is -7.20. The molecule has 0 radical (unpaired) electrons. The SMILES string of the molecule is CC1(C)C2=C(C=CC(n3c4ccc5ccccc5c4c4c5ccccc5ccc43)C2)c2ccc(N(c3ccccc3)c3ccc(-c4cccc5c4sc4ccccc45)cc3)cc21. The Morgan fingerprint density at radius 1 is 0.532 bits per heavy atom. The summed E-state index contributed by atoms with van der Waals surface area (Å²) < 4.78 is 5.31. The number of fused-ring (bicyclic) bond motifs is 12. The molecule has 0 saturated carbocycles. The average molecular weight is 811 g/mol. The molecule has 0 amide bonds. The highest BCUT2D eigenvalue weighted by molar-refractivity contribution is 7.26. The number of rotatable bonds is 5. The van der Waals surface area contributed by atoms with Gasteiger partial charge in [-0.25, -0.2) is 0 Å². The van der Waals surface area contributed by atoms with Crippen molar-refractivity contribution >= 4 is 97.5 Å². The second-order valence-corrected chi connectivity index (χ2v) is 18.7. The quantitative estimate of drug-likeness (QED) is 0.168. The molecule has 2 aromatic heterocycles. The van der Waals surface area contributed by atoms with Crippen LogP contribution in [0.1, 0.15) is 37.4 Å². The molecule has 2 heterocycles. The highest BCUT2D eigenvalue weighted by atomic mass is 32.1. The summed E-state index contributed by atoms with van der Waals surface area (Å²) in [6.45, 7) is 4.88. The van der Waals surface area contributed by atoms with E-state index in [4.69, 9.17) is 0 Å². The smallest absolute Gasteiger partial charge is 0.0563 e. The van der Waals surface area contributed by atoms with Crippen molar-refractivity contribution in [2.24, 2.45) is 0 Å². The Kier molecular flexibility index (Phi) is 7.68. The first-order chi connectivity index (χ1) is 30.5. The summed E-state index contributed by atoms with van der Waals surface area (Å²) in [7, 11) is 0. The zero-order chi connectivity index (χ0) is 41.1. The molecule has 9 aromatic carbocycles. The predicted octanol–water partition coefficient (Wildman–Crippen LogP) is 16.9. The van der Waals surface area contributed by atoms with Crippen molar-refractivity contribution in [3.8, 4) is 11.1 Å². The van der Waals surface area contributed by atoms with Crippen LogP contribution in [0, 0.1) is 0 Å². The number of para-hydroxylation sites is 1. The largest absolute Gasteiger partial charge is 0.333 e. The Morgan fingerprint density at radius 3 is 1.87 bits per heavy atom. The van der Waals surface area contributed by atoms with E-state index >= 15 is 0 Å². The second-order valence-electron chi connectivity index (χ2n) is 17.6. The minimum absolute atomic E-state index is 0.156. The monoisotopic (exact) mass is 810 g/mol. The lowest BCUT2D eigenvalue weighted by atomic mass is 9.77. The summed E-state index contributed by atoms with van der Waals surface area (Å²) in [6, 6.07) is 69.9. The van der Waals surface area contributed by atoms with Crippen LogP contribution in [-0.2, 0) is 5.41 Å². The summed E-state index contributed by atoms with van der Waals surface area (Å²) in [6.07, 6.45) is 5.86. The molecule has 1 atom stereocenters. The summed E-state index contributed by atoms with van der Waals surface area (Å²) in [5.74, 6) is 0. The Bertz CT molecular complexity index is 3600. The Balaban J connectivity index is 0.887. The van der Waals surface area contributed by atoms with Crippen molar-refractivity contribution in [1.82, 2.24) is 4.57 Å². The number of nitrogens with zero attached hydrogens (tertiary/aromatic N) is 2. The molecule has 0 saturated heterocycles. The van der Waals surface area contributed by atoms with E-state index in [0.29, 0.717) is 0 Å². The van der Waals surface area contributed by atoms with E-state index in [-0.39, 0.29) is 11.5 Å². The van der Waals surface area contributed by atoms with Crippen LogP contribution >= 0.6 is 11.3 Å². The predicted molar refractivity (Wildman–Crippen MR) is 267 cm³/mol. The molecule has 13 rings (SSSR count). The number of aromatic nitrogens is 1.